The van der Waals surface area contributed by atoms with E-state index in [0.717, 1.165) is 10.9 Å². The Balaban J connectivity index is 1.91. The van der Waals surface area contributed by atoms with Crippen LogP contribution < -0.4 is 10.4 Å². The second-order valence-corrected chi connectivity index (χ2v) is 8.00. The van der Waals surface area contributed by atoms with Gasteiger partial charge < -0.3 is 4.74 Å². The maximum atomic E-state index is 13.1. The number of benzene rings is 3. The highest BCUT2D eigenvalue weighted by molar-refractivity contribution is 5.93. The summed E-state index contributed by atoms with van der Waals surface area (Å²) < 4.78 is 7.16. The lowest BCUT2D eigenvalue weighted by Crippen LogP contribution is -2.24. The van der Waals surface area contributed by atoms with E-state index < -0.39 is 5.69 Å². The molecule has 0 amide bonds. The number of rotatable bonds is 7. The molecule has 0 atom stereocenters. The van der Waals surface area contributed by atoms with Crippen LogP contribution >= 0.6 is 0 Å². The fraction of sp³-hybridized carbons (Fsp3) is 0.185. The van der Waals surface area contributed by atoms with Crippen LogP contribution in [0.2, 0.25) is 0 Å². The molecule has 0 N–H and O–H groups in total. The van der Waals surface area contributed by atoms with Crippen molar-refractivity contribution in [3.05, 3.63) is 93.2 Å². The molecule has 0 saturated heterocycles. The van der Waals surface area contributed by atoms with Gasteiger partial charge in [-0.15, -0.1) is 11.3 Å². The van der Waals surface area contributed by atoms with E-state index >= 15 is 0 Å². The summed E-state index contributed by atoms with van der Waals surface area (Å²) in [5.74, 6) is 3.44. The van der Waals surface area contributed by atoms with Gasteiger partial charge >= 0.3 is 5.69 Å². The Hall–Kier alpha value is -4.24. The molecule has 1 heterocycles. The van der Waals surface area contributed by atoms with Gasteiger partial charge in [-0.05, 0) is 40.9 Å². The third-order valence-electron chi connectivity index (χ3n) is 5.54. The molecule has 0 bridgehead atoms. The number of fused-ring (bicyclic) bond motifs is 1. The summed E-state index contributed by atoms with van der Waals surface area (Å²) in [4.78, 5) is 28.8. The number of nitroso groups, excluding NO2 is 1. The van der Waals surface area contributed by atoms with Crippen LogP contribution in [0, 0.1) is 17.3 Å². The average Bonchev–Trinajstić information content (AvgIpc) is 2.84. The Morgan fingerprint density at radius 1 is 1.09 bits per heavy atom. The summed E-state index contributed by atoms with van der Waals surface area (Å²) in [6.45, 7) is 4.56. The van der Waals surface area contributed by atoms with Crippen LogP contribution in [0.15, 0.2) is 76.7 Å². The molecule has 33 heavy (non-hydrogen) atoms. The number of ether oxygens (including phenoxy) is 1. The number of hydrogen-bond donors (Lipinski definition) is 0. The molecule has 0 unspecified atom stereocenters. The van der Waals surface area contributed by atoms with Crippen molar-refractivity contribution in [1.82, 2.24) is 9.55 Å². The summed E-state index contributed by atoms with van der Waals surface area (Å²) in [5, 5.41) is 3.84. The zero-order chi connectivity index (χ0) is 23.4. The molecule has 0 saturated carbocycles. The van der Waals surface area contributed by atoms with Gasteiger partial charge in [0.25, 0.3) is 0 Å². The van der Waals surface area contributed by atoms with E-state index in [2.05, 4.69) is 29.9 Å². The Morgan fingerprint density at radius 3 is 2.55 bits per heavy atom. The van der Waals surface area contributed by atoms with Crippen molar-refractivity contribution >= 4 is 16.6 Å². The molecule has 6 nitrogen and oxygen atoms in total. The van der Waals surface area contributed by atoms with Crippen molar-refractivity contribution in [3.63, 3.8) is 0 Å². The minimum atomic E-state index is -0.413. The standard InChI is InChI=1S/C27H23N3O3/c1-4-15-33-22-13-14-25-23(16-22)26(20-11-9-19(10-12-20)18(2)3)28-27(31)30(25)17-21-7-5-6-8-24(21)29-32/h1,5-14,16,18H,15,17H2,2-3H3. The van der Waals surface area contributed by atoms with E-state index in [9.17, 15) is 9.70 Å². The summed E-state index contributed by atoms with van der Waals surface area (Å²) in [7, 11) is 0. The lowest BCUT2D eigenvalue weighted by atomic mass is 9.99. The topological polar surface area (TPSA) is 73.5 Å². The average molecular weight is 437 g/mol. The maximum absolute atomic E-state index is 13.1. The summed E-state index contributed by atoms with van der Waals surface area (Å²) in [6.07, 6.45) is 5.34. The molecule has 4 aromatic rings. The minimum Gasteiger partial charge on any atom is -0.481 e. The van der Waals surface area contributed by atoms with E-state index in [1.807, 2.05) is 36.4 Å². The zero-order valence-corrected chi connectivity index (χ0v) is 18.5. The van der Waals surface area contributed by atoms with Crippen LogP contribution in [0.25, 0.3) is 22.2 Å². The van der Waals surface area contributed by atoms with Crippen LogP contribution in [0.1, 0.15) is 30.9 Å². The molecule has 0 spiro atoms. The molecule has 0 radical (unpaired) electrons. The maximum Gasteiger partial charge on any atom is 0.348 e. The molecule has 0 aliphatic carbocycles. The first-order valence-electron chi connectivity index (χ1n) is 10.6. The Morgan fingerprint density at radius 2 is 1.85 bits per heavy atom. The van der Waals surface area contributed by atoms with Gasteiger partial charge in [0.2, 0.25) is 0 Å². The first kappa shape index (κ1) is 22.0. The SMILES string of the molecule is C#CCOc1ccc2c(c1)c(-c1ccc(C(C)C)cc1)nc(=O)n2Cc1ccccc1N=O. The number of nitrogens with zero attached hydrogens (tertiary/aromatic N) is 3. The van der Waals surface area contributed by atoms with Gasteiger partial charge in [0, 0.05) is 16.5 Å². The molecule has 1 aromatic heterocycles. The van der Waals surface area contributed by atoms with E-state index in [1.165, 1.54) is 10.1 Å². The lowest BCUT2D eigenvalue weighted by molar-refractivity contribution is 0.371. The molecular weight excluding hydrogens is 414 g/mol. The van der Waals surface area contributed by atoms with E-state index in [1.54, 1.807) is 30.3 Å². The van der Waals surface area contributed by atoms with E-state index in [4.69, 9.17) is 11.2 Å². The Labute approximate surface area is 191 Å². The van der Waals surface area contributed by atoms with Crippen molar-refractivity contribution < 1.29 is 4.74 Å². The predicted octanol–water partition coefficient (Wildman–Crippen LogP) is 5.65. The largest absolute Gasteiger partial charge is 0.481 e. The molecule has 0 fully saturated rings. The monoisotopic (exact) mass is 437 g/mol. The van der Waals surface area contributed by atoms with Crippen molar-refractivity contribution in [2.24, 2.45) is 5.18 Å². The van der Waals surface area contributed by atoms with Gasteiger partial charge in [0.1, 0.15) is 18.0 Å². The van der Waals surface area contributed by atoms with Crippen LogP contribution in [-0.4, -0.2) is 16.2 Å². The predicted molar refractivity (Wildman–Crippen MR) is 131 cm³/mol. The fourth-order valence-corrected chi connectivity index (χ4v) is 3.78. The molecule has 0 aliphatic rings. The third-order valence-corrected chi connectivity index (χ3v) is 5.54. The third kappa shape index (κ3) is 4.53. The van der Waals surface area contributed by atoms with Crippen molar-refractivity contribution in [3.8, 4) is 29.4 Å². The first-order chi connectivity index (χ1) is 16.0. The van der Waals surface area contributed by atoms with Crippen LogP contribution in [0.3, 0.4) is 0 Å². The summed E-state index contributed by atoms with van der Waals surface area (Å²) in [6, 6.07) is 20.4. The highest BCUT2D eigenvalue weighted by atomic mass is 16.5. The van der Waals surface area contributed by atoms with E-state index in [-0.39, 0.29) is 13.2 Å². The van der Waals surface area contributed by atoms with Crippen molar-refractivity contribution in [1.29, 1.82) is 0 Å². The van der Waals surface area contributed by atoms with Crippen LogP contribution in [-0.2, 0) is 6.54 Å². The molecule has 0 aliphatic heterocycles. The van der Waals surface area contributed by atoms with Gasteiger partial charge in [0.15, 0.2) is 0 Å². The fourth-order valence-electron chi connectivity index (χ4n) is 3.78. The summed E-state index contributed by atoms with van der Waals surface area (Å²) >= 11 is 0. The lowest BCUT2D eigenvalue weighted by Gasteiger charge is -2.15. The van der Waals surface area contributed by atoms with Gasteiger partial charge in [-0.25, -0.2) is 4.79 Å². The number of terminal acetylenes is 1. The molecule has 3 aromatic carbocycles. The second-order valence-electron chi connectivity index (χ2n) is 8.00. The van der Waals surface area contributed by atoms with Gasteiger partial charge in [-0.2, -0.15) is 4.98 Å². The van der Waals surface area contributed by atoms with Crippen molar-refractivity contribution in [2.45, 2.75) is 26.3 Å². The van der Waals surface area contributed by atoms with Crippen molar-refractivity contribution in [2.75, 3.05) is 6.61 Å². The van der Waals surface area contributed by atoms with Gasteiger partial charge in [0.05, 0.1) is 17.8 Å². The Kier molecular flexibility index (Phi) is 6.32. The highest BCUT2D eigenvalue weighted by Crippen LogP contribution is 2.30. The van der Waals surface area contributed by atoms with Gasteiger partial charge in [-0.3, -0.25) is 4.57 Å². The molecule has 4 rings (SSSR count). The normalized spacial score (nSPS) is 10.8. The Bertz CT molecular complexity index is 1410. The zero-order valence-electron chi connectivity index (χ0n) is 18.5. The van der Waals surface area contributed by atoms with E-state index in [0.29, 0.717) is 34.1 Å². The molecular formula is C27H23N3O3. The molecule has 6 heteroatoms. The minimum absolute atomic E-state index is 0.134. The summed E-state index contributed by atoms with van der Waals surface area (Å²) in [5.41, 5.74) is 3.79. The second kappa shape index (κ2) is 9.49. The smallest absolute Gasteiger partial charge is 0.348 e. The van der Waals surface area contributed by atoms with Gasteiger partial charge in [-0.1, -0.05) is 62.2 Å². The quantitative estimate of drug-likeness (QED) is 0.277. The number of aromatic nitrogens is 2. The first-order valence-corrected chi connectivity index (χ1v) is 10.6. The molecule has 164 valence electrons. The van der Waals surface area contributed by atoms with Crippen LogP contribution in [0.5, 0.6) is 5.75 Å². The van der Waals surface area contributed by atoms with Crippen LogP contribution in [0.4, 0.5) is 5.69 Å². The number of hydrogen-bond acceptors (Lipinski definition) is 5. The highest BCUT2D eigenvalue weighted by Gasteiger charge is 2.15.